The van der Waals surface area contributed by atoms with E-state index in [4.69, 9.17) is 21.4 Å². The molecule has 2 heterocycles. The maximum Gasteiger partial charge on any atom is 0.337 e. The minimum Gasteiger partial charge on any atom is -0.478 e. The van der Waals surface area contributed by atoms with E-state index >= 15 is 0 Å². The predicted octanol–water partition coefficient (Wildman–Crippen LogP) is 2.38. The topological polar surface area (TPSA) is 85.2 Å². The van der Waals surface area contributed by atoms with Crippen molar-refractivity contribution < 1.29 is 14.6 Å². The number of rotatable bonds is 4. The molecule has 0 fully saturated rings. The molecule has 0 bridgehead atoms. The fourth-order valence-corrected chi connectivity index (χ4v) is 2.09. The Morgan fingerprint density at radius 3 is 2.74 bits per heavy atom. The highest BCUT2D eigenvalue weighted by atomic mass is 35.5. The van der Waals surface area contributed by atoms with Gasteiger partial charge in [0, 0.05) is 6.20 Å². The molecular formula is C11H8ClN3O3S. The van der Waals surface area contributed by atoms with Crippen LogP contribution in [0.5, 0.6) is 6.01 Å². The molecule has 2 aromatic rings. The Bertz CT molecular complexity index is 607. The Labute approximate surface area is 117 Å². The van der Waals surface area contributed by atoms with Crippen LogP contribution in [0.1, 0.15) is 10.4 Å². The van der Waals surface area contributed by atoms with E-state index < -0.39 is 5.97 Å². The molecule has 0 aromatic carbocycles. The molecule has 0 atom stereocenters. The van der Waals surface area contributed by atoms with E-state index in [0.717, 1.165) is 0 Å². The van der Waals surface area contributed by atoms with Crippen molar-refractivity contribution in [3.63, 3.8) is 0 Å². The lowest BCUT2D eigenvalue weighted by Gasteiger charge is -2.04. The van der Waals surface area contributed by atoms with E-state index in [1.165, 1.54) is 37.3 Å². The number of hydrogen-bond acceptors (Lipinski definition) is 6. The largest absolute Gasteiger partial charge is 0.478 e. The zero-order valence-electron chi connectivity index (χ0n) is 9.70. The number of pyridine rings is 1. The van der Waals surface area contributed by atoms with E-state index in [0.29, 0.717) is 15.1 Å². The van der Waals surface area contributed by atoms with Gasteiger partial charge in [-0.3, -0.25) is 0 Å². The summed E-state index contributed by atoms with van der Waals surface area (Å²) in [5.74, 6) is -1.02. The highest BCUT2D eigenvalue weighted by Crippen LogP contribution is 2.30. The second-order valence-electron chi connectivity index (χ2n) is 3.30. The normalized spacial score (nSPS) is 10.2. The summed E-state index contributed by atoms with van der Waals surface area (Å²) in [7, 11) is 1.46. The number of methoxy groups -OCH3 is 1. The molecule has 0 saturated carbocycles. The third-order valence-electron chi connectivity index (χ3n) is 2.06. The van der Waals surface area contributed by atoms with E-state index in [1.807, 2.05) is 0 Å². The van der Waals surface area contributed by atoms with Gasteiger partial charge in [0.15, 0.2) is 0 Å². The Hall–Kier alpha value is -1.86. The summed E-state index contributed by atoms with van der Waals surface area (Å²) < 4.78 is 4.91. The Kier molecular flexibility index (Phi) is 4.18. The van der Waals surface area contributed by atoms with Gasteiger partial charge in [-0.05, 0) is 23.9 Å². The van der Waals surface area contributed by atoms with Gasteiger partial charge in [-0.2, -0.15) is 4.98 Å². The molecule has 0 saturated heterocycles. The average Bonchev–Trinajstić information content (AvgIpc) is 2.42. The lowest BCUT2D eigenvalue weighted by Crippen LogP contribution is -1.97. The van der Waals surface area contributed by atoms with Crippen LogP contribution in [0.2, 0.25) is 5.02 Å². The van der Waals surface area contributed by atoms with Crippen molar-refractivity contribution in [2.45, 2.75) is 10.1 Å². The molecule has 0 amide bonds. The summed E-state index contributed by atoms with van der Waals surface area (Å²) >= 11 is 7.16. The van der Waals surface area contributed by atoms with Crippen LogP contribution in [0.4, 0.5) is 0 Å². The minimum atomic E-state index is -1.02. The third-order valence-corrected chi connectivity index (χ3v) is 3.40. The van der Waals surface area contributed by atoms with Gasteiger partial charge in [-0.25, -0.2) is 14.8 Å². The molecule has 0 aliphatic carbocycles. The lowest BCUT2D eigenvalue weighted by atomic mass is 10.3. The number of aromatic nitrogens is 3. The first kappa shape index (κ1) is 13.6. The number of halogens is 1. The summed E-state index contributed by atoms with van der Waals surface area (Å²) in [6.07, 6.45) is 2.71. The molecule has 8 heteroatoms. The fourth-order valence-electron chi connectivity index (χ4n) is 1.17. The van der Waals surface area contributed by atoms with Crippen LogP contribution in [-0.2, 0) is 0 Å². The molecule has 0 spiro atoms. The molecule has 1 N–H and O–H groups in total. The fraction of sp³-hybridized carbons (Fsp3) is 0.0909. The van der Waals surface area contributed by atoms with Gasteiger partial charge in [0.05, 0.1) is 23.9 Å². The molecule has 0 radical (unpaired) electrons. The van der Waals surface area contributed by atoms with Gasteiger partial charge < -0.3 is 9.84 Å². The van der Waals surface area contributed by atoms with Crippen LogP contribution >= 0.6 is 23.4 Å². The highest BCUT2D eigenvalue weighted by molar-refractivity contribution is 7.99. The smallest absolute Gasteiger partial charge is 0.337 e. The van der Waals surface area contributed by atoms with Gasteiger partial charge >= 0.3 is 12.0 Å². The van der Waals surface area contributed by atoms with Gasteiger partial charge in [0.1, 0.15) is 10.1 Å². The molecule has 2 rings (SSSR count). The molecule has 6 nitrogen and oxygen atoms in total. The van der Waals surface area contributed by atoms with Crippen molar-refractivity contribution in [3.8, 4) is 6.01 Å². The first-order valence-corrected chi connectivity index (χ1v) is 6.23. The van der Waals surface area contributed by atoms with E-state index in [9.17, 15) is 4.79 Å². The van der Waals surface area contributed by atoms with Crippen LogP contribution in [0.25, 0.3) is 0 Å². The van der Waals surface area contributed by atoms with Gasteiger partial charge in [0.2, 0.25) is 0 Å². The minimum absolute atomic E-state index is 0.121. The summed E-state index contributed by atoms with van der Waals surface area (Å²) in [5, 5.41) is 10.2. The number of carbonyl (C=O) groups is 1. The Balaban J connectivity index is 2.23. The zero-order chi connectivity index (χ0) is 13.8. The first-order chi connectivity index (χ1) is 9.10. The van der Waals surface area contributed by atoms with E-state index in [-0.39, 0.29) is 11.6 Å². The summed E-state index contributed by atoms with van der Waals surface area (Å²) in [6, 6.07) is 3.25. The third kappa shape index (κ3) is 3.33. The van der Waals surface area contributed by atoms with Crippen molar-refractivity contribution in [1.82, 2.24) is 15.0 Å². The van der Waals surface area contributed by atoms with Crippen molar-refractivity contribution in [2.24, 2.45) is 0 Å². The highest BCUT2D eigenvalue weighted by Gasteiger charge is 2.09. The molecule has 0 unspecified atom stereocenters. The maximum atomic E-state index is 10.7. The van der Waals surface area contributed by atoms with Crippen molar-refractivity contribution in [2.75, 3.05) is 7.11 Å². The molecule has 0 aliphatic rings. The Morgan fingerprint density at radius 1 is 1.37 bits per heavy atom. The van der Waals surface area contributed by atoms with Crippen LogP contribution in [0.3, 0.4) is 0 Å². The monoisotopic (exact) mass is 297 g/mol. The molecule has 2 aromatic heterocycles. The number of carboxylic acids is 1. The number of aromatic carboxylic acids is 1. The van der Waals surface area contributed by atoms with Gasteiger partial charge in [-0.1, -0.05) is 11.6 Å². The number of nitrogens with zero attached hydrogens (tertiary/aromatic N) is 3. The molecule has 0 aliphatic heterocycles. The second-order valence-corrected chi connectivity index (χ2v) is 4.72. The first-order valence-electron chi connectivity index (χ1n) is 5.04. The van der Waals surface area contributed by atoms with Crippen molar-refractivity contribution >= 4 is 29.3 Å². The van der Waals surface area contributed by atoms with Gasteiger partial charge in [0.25, 0.3) is 0 Å². The van der Waals surface area contributed by atoms with Crippen LogP contribution in [-0.4, -0.2) is 33.1 Å². The van der Waals surface area contributed by atoms with E-state index in [1.54, 1.807) is 6.07 Å². The van der Waals surface area contributed by atoms with Crippen LogP contribution < -0.4 is 4.74 Å². The van der Waals surface area contributed by atoms with Crippen LogP contribution in [0.15, 0.2) is 34.6 Å². The van der Waals surface area contributed by atoms with Gasteiger partial charge in [-0.15, -0.1) is 0 Å². The Morgan fingerprint density at radius 2 is 2.16 bits per heavy atom. The summed E-state index contributed by atoms with van der Waals surface area (Å²) in [5.41, 5.74) is 0.121. The maximum absolute atomic E-state index is 10.7. The number of hydrogen-bond donors (Lipinski definition) is 1. The molecule has 19 heavy (non-hydrogen) atoms. The van der Waals surface area contributed by atoms with E-state index in [2.05, 4.69) is 15.0 Å². The predicted molar refractivity (Wildman–Crippen MR) is 68.9 cm³/mol. The van der Waals surface area contributed by atoms with Crippen LogP contribution in [0, 0.1) is 0 Å². The zero-order valence-corrected chi connectivity index (χ0v) is 11.3. The second kappa shape index (κ2) is 5.85. The quantitative estimate of drug-likeness (QED) is 0.867. The molecule has 98 valence electrons. The van der Waals surface area contributed by atoms with Crippen molar-refractivity contribution in [1.29, 1.82) is 0 Å². The molecular weight excluding hydrogens is 290 g/mol. The summed E-state index contributed by atoms with van der Waals surface area (Å²) in [4.78, 5) is 22.7. The van der Waals surface area contributed by atoms with Crippen molar-refractivity contribution in [3.05, 3.63) is 35.1 Å². The SMILES string of the molecule is COc1ncc(Cl)c(Sc2ccc(C(=O)O)cn2)n1. The summed E-state index contributed by atoms with van der Waals surface area (Å²) in [6.45, 7) is 0. The number of ether oxygens (including phenoxy) is 1. The lowest BCUT2D eigenvalue weighted by molar-refractivity contribution is 0.0696. The standard InChI is InChI=1S/C11H8ClN3O3S/c1-18-11-14-5-7(12)9(15-11)19-8-3-2-6(4-13-8)10(16)17/h2-5H,1H3,(H,16,17). The number of carboxylic acid groups (broad SMARTS) is 1. The average molecular weight is 298 g/mol.